The minimum absolute atomic E-state index is 0.533. The van der Waals surface area contributed by atoms with E-state index in [1.807, 2.05) is 10.6 Å². The molecule has 5 nitrogen and oxygen atoms in total. The molecule has 16 heavy (non-hydrogen) atoms. The van der Waals surface area contributed by atoms with Gasteiger partial charge in [-0.25, -0.2) is 4.98 Å². The van der Waals surface area contributed by atoms with Crippen molar-refractivity contribution in [3.63, 3.8) is 0 Å². The zero-order chi connectivity index (χ0) is 11.0. The number of hydrogen-bond acceptors (Lipinski definition) is 4. The third-order valence-corrected chi connectivity index (χ3v) is 3.25. The topological polar surface area (TPSA) is 55.1 Å². The maximum absolute atomic E-state index is 4.33. The van der Waals surface area contributed by atoms with Crippen molar-refractivity contribution in [2.75, 3.05) is 5.32 Å². The molecule has 1 aliphatic rings. The van der Waals surface area contributed by atoms with E-state index >= 15 is 0 Å². The summed E-state index contributed by atoms with van der Waals surface area (Å²) >= 11 is 0. The number of hydrogen-bond donors (Lipinski definition) is 1. The second kappa shape index (κ2) is 3.73. The first-order valence-corrected chi connectivity index (χ1v) is 5.74. The van der Waals surface area contributed by atoms with Crippen LogP contribution in [0.2, 0.25) is 0 Å². The summed E-state index contributed by atoms with van der Waals surface area (Å²) in [5.41, 5.74) is 0.807. The van der Waals surface area contributed by atoms with Crippen LogP contribution in [-0.2, 0) is 0 Å². The molecule has 1 aliphatic carbocycles. The normalized spacial score (nSPS) is 25.1. The van der Waals surface area contributed by atoms with E-state index in [4.69, 9.17) is 0 Å². The molecule has 2 heterocycles. The second-order valence-corrected chi connectivity index (χ2v) is 4.60. The van der Waals surface area contributed by atoms with E-state index in [1.165, 1.54) is 19.3 Å². The quantitative estimate of drug-likeness (QED) is 0.832. The maximum Gasteiger partial charge on any atom is 0.203 e. The highest BCUT2D eigenvalue weighted by Gasteiger charge is 2.22. The van der Waals surface area contributed by atoms with Crippen LogP contribution in [0.15, 0.2) is 18.7 Å². The fraction of sp³-hybridized carbons (Fsp3) is 0.545. The molecule has 84 valence electrons. The lowest BCUT2D eigenvalue weighted by molar-refractivity contribution is 0.602. The molecule has 1 N–H and O–H groups in total. The summed E-state index contributed by atoms with van der Waals surface area (Å²) in [5.74, 6) is 1.66. The Morgan fingerprint density at radius 3 is 3.19 bits per heavy atom. The Morgan fingerprint density at radius 2 is 2.38 bits per heavy atom. The molecule has 0 spiro atoms. The minimum atomic E-state index is 0.533. The second-order valence-electron chi connectivity index (χ2n) is 4.60. The lowest BCUT2D eigenvalue weighted by Crippen LogP contribution is -2.17. The first-order valence-electron chi connectivity index (χ1n) is 5.74. The minimum Gasteiger partial charge on any atom is -0.364 e. The van der Waals surface area contributed by atoms with Gasteiger partial charge in [-0.2, -0.15) is 0 Å². The number of nitrogens with one attached hydrogen (secondary N) is 1. The van der Waals surface area contributed by atoms with Crippen molar-refractivity contribution in [3.8, 4) is 0 Å². The summed E-state index contributed by atoms with van der Waals surface area (Å²) in [6.07, 6.45) is 9.07. The Hall–Kier alpha value is -1.65. The van der Waals surface area contributed by atoms with Crippen LogP contribution in [0.5, 0.6) is 0 Å². The van der Waals surface area contributed by atoms with Gasteiger partial charge in [0, 0.05) is 18.4 Å². The van der Waals surface area contributed by atoms with Crippen LogP contribution in [0.25, 0.3) is 5.65 Å². The lowest BCUT2D eigenvalue weighted by Gasteiger charge is -2.12. The van der Waals surface area contributed by atoms with Crippen molar-refractivity contribution < 1.29 is 0 Å². The van der Waals surface area contributed by atoms with E-state index in [2.05, 4.69) is 27.4 Å². The molecule has 3 rings (SSSR count). The number of nitrogens with zero attached hydrogens (tertiary/aromatic N) is 4. The van der Waals surface area contributed by atoms with E-state index in [9.17, 15) is 0 Å². The zero-order valence-electron chi connectivity index (χ0n) is 9.30. The van der Waals surface area contributed by atoms with Gasteiger partial charge in [0.1, 0.15) is 6.33 Å². The standard InChI is InChI=1S/C11H15N5/c1-8-2-3-9(6-8)14-10-11-15-13-7-16(11)5-4-12-10/h4-5,7-9H,2-3,6H2,1H3,(H,12,14). The van der Waals surface area contributed by atoms with E-state index in [0.29, 0.717) is 6.04 Å². The van der Waals surface area contributed by atoms with Gasteiger partial charge < -0.3 is 5.32 Å². The molecular weight excluding hydrogens is 202 g/mol. The summed E-state index contributed by atoms with van der Waals surface area (Å²) in [5, 5.41) is 11.4. The summed E-state index contributed by atoms with van der Waals surface area (Å²) in [6.45, 7) is 2.30. The molecule has 0 aromatic carbocycles. The van der Waals surface area contributed by atoms with Crippen molar-refractivity contribution in [2.24, 2.45) is 5.92 Å². The van der Waals surface area contributed by atoms with E-state index in [-0.39, 0.29) is 0 Å². The van der Waals surface area contributed by atoms with Crippen molar-refractivity contribution in [2.45, 2.75) is 32.2 Å². The zero-order valence-corrected chi connectivity index (χ0v) is 9.30. The summed E-state index contributed by atoms with van der Waals surface area (Å²) in [4.78, 5) is 4.33. The van der Waals surface area contributed by atoms with Crippen LogP contribution in [0.1, 0.15) is 26.2 Å². The molecule has 0 amide bonds. The van der Waals surface area contributed by atoms with Crippen LogP contribution in [0, 0.1) is 5.92 Å². The maximum atomic E-state index is 4.33. The number of rotatable bonds is 2. The lowest BCUT2D eigenvalue weighted by atomic mass is 10.1. The molecule has 2 aromatic rings. The average molecular weight is 217 g/mol. The Labute approximate surface area is 93.9 Å². The molecule has 0 radical (unpaired) electrons. The molecule has 0 bridgehead atoms. The van der Waals surface area contributed by atoms with Gasteiger partial charge in [0.05, 0.1) is 0 Å². The highest BCUT2D eigenvalue weighted by atomic mass is 15.2. The Morgan fingerprint density at radius 1 is 1.44 bits per heavy atom. The van der Waals surface area contributed by atoms with Gasteiger partial charge in [-0.05, 0) is 25.2 Å². The van der Waals surface area contributed by atoms with Gasteiger partial charge >= 0.3 is 0 Å². The third-order valence-electron chi connectivity index (χ3n) is 3.25. The SMILES string of the molecule is CC1CCC(Nc2nccn3cnnc23)C1. The molecule has 2 unspecified atom stereocenters. The van der Waals surface area contributed by atoms with Crippen LogP contribution >= 0.6 is 0 Å². The average Bonchev–Trinajstić information content (AvgIpc) is 2.87. The van der Waals surface area contributed by atoms with Gasteiger partial charge in [-0.15, -0.1) is 10.2 Å². The highest BCUT2D eigenvalue weighted by molar-refractivity contribution is 5.61. The Bertz CT molecular complexity index is 492. The largest absolute Gasteiger partial charge is 0.364 e. The van der Waals surface area contributed by atoms with Gasteiger partial charge in [0.15, 0.2) is 5.82 Å². The van der Waals surface area contributed by atoms with Crippen LogP contribution in [-0.4, -0.2) is 25.6 Å². The molecule has 1 fully saturated rings. The van der Waals surface area contributed by atoms with Gasteiger partial charge in [0.25, 0.3) is 0 Å². The molecule has 1 saturated carbocycles. The van der Waals surface area contributed by atoms with E-state index < -0.39 is 0 Å². The first kappa shape index (κ1) is 9.57. The molecule has 2 atom stereocenters. The van der Waals surface area contributed by atoms with Crippen molar-refractivity contribution >= 4 is 11.5 Å². The van der Waals surface area contributed by atoms with E-state index in [1.54, 1.807) is 12.5 Å². The first-order chi connectivity index (χ1) is 7.83. The Balaban J connectivity index is 1.86. The molecule has 5 heteroatoms. The van der Waals surface area contributed by atoms with E-state index in [0.717, 1.165) is 17.4 Å². The predicted octanol–water partition coefficient (Wildman–Crippen LogP) is 1.72. The molecule has 2 aromatic heterocycles. The van der Waals surface area contributed by atoms with Gasteiger partial charge in [0.2, 0.25) is 5.65 Å². The number of aromatic nitrogens is 4. The van der Waals surface area contributed by atoms with Gasteiger partial charge in [-0.3, -0.25) is 4.40 Å². The van der Waals surface area contributed by atoms with Crippen LogP contribution < -0.4 is 5.32 Å². The Kier molecular flexibility index (Phi) is 2.23. The smallest absolute Gasteiger partial charge is 0.203 e. The number of anilines is 1. The number of fused-ring (bicyclic) bond motifs is 1. The molecular formula is C11H15N5. The highest BCUT2D eigenvalue weighted by Crippen LogP contribution is 2.27. The summed E-state index contributed by atoms with van der Waals surface area (Å²) in [7, 11) is 0. The van der Waals surface area contributed by atoms with Gasteiger partial charge in [-0.1, -0.05) is 6.92 Å². The fourth-order valence-corrected chi connectivity index (χ4v) is 2.39. The summed E-state index contributed by atoms with van der Waals surface area (Å²) in [6, 6.07) is 0.533. The predicted molar refractivity (Wildman–Crippen MR) is 61.2 cm³/mol. The van der Waals surface area contributed by atoms with Crippen molar-refractivity contribution in [3.05, 3.63) is 18.7 Å². The van der Waals surface area contributed by atoms with Crippen molar-refractivity contribution in [1.29, 1.82) is 0 Å². The fourth-order valence-electron chi connectivity index (χ4n) is 2.39. The van der Waals surface area contributed by atoms with Crippen LogP contribution in [0.3, 0.4) is 0 Å². The van der Waals surface area contributed by atoms with Crippen molar-refractivity contribution in [1.82, 2.24) is 19.6 Å². The summed E-state index contributed by atoms with van der Waals surface area (Å²) < 4.78 is 1.88. The molecule has 0 aliphatic heterocycles. The molecule has 0 saturated heterocycles. The third kappa shape index (κ3) is 1.62. The van der Waals surface area contributed by atoms with Crippen LogP contribution in [0.4, 0.5) is 5.82 Å². The monoisotopic (exact) mass is 217 g/mol.